The maximum Gasteiger partial charge on any atom is 0.337 e. The number of hydrogen-bond donors (Lipinski definition) is 2. The fraction of sp³-hybridized carbons (Fsp3) is 0.0833. The number of nitrogens with zero attached hydrogens (tertiary/aromatic N) is 2. The Hall–Kier alpha value is -3.88. The Balaban J connectivity index is 1.61. The SMILES string of the molecule is COC(=O)c1ccc(Cl)c(N/N=C/c2ccc(/C=N/Nc3cc(C(=O)OC)ccc3Cl)cc2)c1. The van der Waals surface area contributed by atoms with Crippen molar-refractivity contribution in [3.63, 3.8) is 0 Å². The molecule has 0 unspecified atom stereocenters. The maximum absolute atomic E-state index is 11.7. The van der Waals surface area contributed by atoms with E-state index in [9.17, 15) is 9.59 Å². The molecule has 0 bridgehead atoms. The van der Waals surface area contributed by atoms with Gasteiger partial charge in [-0.15, -0.1) is 0 Å². The lowest BCUT2D eigenvalue weighted by molar-refractivity contribution is 0.0592. The average molecular weight is 499 g/mol. The Bertz CT molecular complexity index is 1150. The van der Waals surface area contributed by atoms with Crippen LogP contribution in [-0.2, 0) is 9.47 Å². The summed E-state index contributed by atoms with van der Waals surface area (Å²) in [5.41, 5.74) is 8.96. The van der Waals surface area contributed by atoms with Crippen molar-refractivity contribution >= 4 is 58.9 Å². The predicted molar refractivity (Wildman–Crippen MR) is 134 cm³/mol. The zero-order chi connectivity index (χ0) is 24.5. The van der Waals surface area contributed by atoms with Gasteiger partial charge in [-0.25, -0.2) is 9.59 Å². The Morgan fingerprint density at radius 3 is 1.44 bits per heavy atom. The van der Waals surface area contributed by atoms with E-state index in [2.05, 4.69) is 21.1 Å². The van der Waals surface area contributed by atoms with E-state index in [1.807, 2.05) is 24.3 Å². The molecule has 0 saturated carbocycles. The molecule has 0 spiro atoms. The lowest BCUT2D eigenvalue weighted by Crippen LogP contribution is -2.02. The minimum Gasteiger partial charge on any atom is -0.465 e. The zero-order valence-electron chi connectivity index (χ0n) is 18.2. The summed E-state index contributed by atoms with van der Waals surface area (Å²) < 4.78 is 9.41. The number of esters is 2. The molecule has 0 heterocycles. The monoisotopic (exact) mass is 498 g/mol. The van der Waals surface area contributed by atoms with Crippen LogP contribution in [0.1, 0.15) is 31.8 Å². The van der Waals surface area contributed by atoms with Gasteiger partial charge >= 0.3 is 11.9 Å². The molecule has 0 aliphatic carbocycles. The van der Waals surface area contributed by atoms with Crippen LogP contribution in [0.15, 0.2) is 70.9 Å². The van der Waals surface area contributed by atoms with Crippen molar-refractivity contribution in [1.82, 2.24) is 0 Å². The van der Waals surface area contributed by atoms with E-state index in [0.29, 0.717) is 32.5 Å². The van der Waals surface area contributed by atoms with Crippen LogP contribution in [0.2, 0.25) is 10.0 Å². The number of halogens is 2. The largest absolute Gasteiger partial charge is 0.465 e. The van der Waals surface area contributed by atoms with Crippen LogP contribution in [0.4, 0.5) is 11.4 Å². The summed E-state index contributed by atoms with van der Waals surface area (Å²) >= 11 is 12.3. The molecule has 0 aliphatic heterocycles. The van der Waals surface area contributed by atoms with Crippen molar-refractivity contribution in [3.05, 3.63) is 93.0 Å². The molecular formula is C24H20Cl2N4O4. The quantitative estimate of drug-likeness (QED) is 0.243. The maximum atomic E-state index is 11.7. The van der Waals surface area contributed by atoms with E-state index in [1.54, 1.807) is 48.8 Å². The van der Waals surface area contributed by atoms with E-state index in [0.717, 1.165) is 11.1 Å². The van der Waals surface area contributed by atoms with Crippen LogP contribution >= 0.6 is 23.2 Å². The minimum atomic E-state index is -0.464. The first kappa shape index (κ1) is 24.8. The number of rotatable bonds is 8. The van der Waals surface area contributed by atoms with Gasteiger partial charge in [0.05, 0.1) is 59.2 Å². The third-order valence-electron chi connectivity index (χ3n) is 4.51. The van der Waals surface area contributed by atoms with E-state index < -0.39 is 11.9 Å². The number of anilines is 2. The third kappa shape index (κ3) is 6.57. The van der Waals surface area contributed by atoms with Crippen LogP contribution in [0.5, 0.6) is 0 Å². The predicted octanol–water partition coefficient (Wildman–Crippen LogP) is 5.46. The van der Waals surface area contributed by atoms with Gasteiger partial charge in [0, 0.05) is 0 Å². The summed E-state index contributed by atoms with van der Waals surface area (Å²) in [6.07, 6.45) is 3.22. The van der Waals surface area contributed by atoms with Gasteiger partial charge in [-0.05, 0) is 47.5 Å². The van der Waals surface area contributed by atoms with Gasteiger partial charge < -0.3 is 9.47 Å². The number of hydrazone groups is 2. The minimum absolute atomic E-state index is 0.361. The summed E-state index contributed by atoms with van der Waals surface area (Å²) in [5, 5.41) is 9.15. The number of hydrogen-bond acceptors (Lipinski definition) is 8. The Morgan fingerprint density at radius 2 is 1.09 bits per heavy atom. The third-order valence-corrected chi connectivity index (χ3v) is 5.17. The lowest BCUT2D eigenvalue weighted by Gasteiger charge is -2.06. The van der Waals surface area contributed by atoms with Crippen LogP contribution in [0, 0.1) is 0 Å². The topological polar surface area (TPSA) is 101 Å². The molecule has 3 aromatic carbocycles. The first-order valence-corrected chi connectivity index (χ1v) is 10.6. The molecule has 2 N–H and O–H groups in total. The van der Waals surface area contributed by atoms with E-state index in [-0.39, 0.29) is 0 Å². The van der Waals surface area contributed by atoms with E-state index in [4.69, 9.17) is 32.7 Å². The number of carbonyl (C=O) groups is 2. The summed E-state index contributed by atoms with van der Waals surface area (Å²) in [6.45, 7) is 0. The summed E-state index contributed by atoms with van der Waals surface area (Å²) in [4.78, 5) is 23.3. The van der Waals surface area contributed by atoms with Gasteiger partial charge in [0.2, 0.25) is 0 Å². The number of methoxy groups -OCH3 is 2. The smallest absolute Gasteiger partial charge is 0.337 e. The Morgan fingerprint density at radius 1 is 0.706 bits per heavy atom. The highest BCUT2D eigenvalue weighted by Gasteiger charge is 2.09. The molecule has 34 heavy (non-hydrogen) atoms. The van der Waals surface area contributed by atoms with Crippen molar-refractivity contribution in [1.29, 1.82) is 0 Å². The van der Waals surface area contributed by atoms with Gasteiger partial charge in [0.1, 0.15) is 0 Å². The zero-order valence-corrected chi connectivity index (χ0v) is 19.7. The molecule has 0 aliphatic rings. The highest BCUT2D eigenvalue weighted by Crippen LogP contribution is 2.24. The standard InChI is InChI=1S/C24H20Cl2N4O4/c1-33-23(31)17-7-9-19(25)21(11-17)29-27-13-15-3-5-16(6-4-15)14-28-30-22-12-18(24(32)34-2)8-10-20(22)26/h3-14,29-30H,1-2H3/b27-13+,28-14+. The molecule has 0 aromatic heterocycles. The number of ether oxygens (including phenoxy) is 2. The normalized spacial score (nSPS) is 10.9. The summed E-state index contributed by atoms with van der Waals surface area (Å²) in [5.74, 6) is -0.928. The molecule has 3 aromatic rings. The Kier molecular flexibility index (Phi) is 8.61. The number of nitrogens with one attached hydrogen (secondary N) is 2. The molecule has 0 atom stereocenters. The molecule has 0 fully saturated rings. The van der Waals surface area contributed by atoms with Crippen LogP contribution < -0.4 is 10.9 Å². The molecule has 8 nitrogen and oxygen atoms in total. The van der Waals surface area contributed by atoms with E-state index in [1.165, 1.54) is 14.2 Å². The van der Waals surface area contributed by atoms with Gasteiger partial charge in [0.15, 0.2) is 0 Å². The summed E-state index contributed by atoms with van der Waals surface area (Å²) in [6, 6.07) is 16.8. The molecule has 174 valence electrons. The van der Waals surface area contributed by atoms with Gasteiger partial charge in [-0.3, -0.25) is 10.9 Å². The summed E-state index contributed by atoms with van der Waals surface area (Å²) in [7, 11) is 2.62. The second kappa shape index (κ2) is 11.8. The highest BCUT2D eigenvalue weighted by molar-refractivity contribution is 6.33. The molecular weight excluding hydrogens is 479 g/mol. The van der Waals surface area contributed by atoms with Gasteiger partial charge in [-0.2, -0.15) is 10.2 Å². The first-order valence-electron chi connectivity index (χ1n) is 9.85. The second-order valence-corrected chi connectivity index (χ2v) is 7.59. The first-order chi connectivity index (χ1) is 16.4. The van der Waals surface area contributed by atoms with Crippen molar-refractivity contribution in [2.75, 3.05) is 25.1 Å². The number of benzene rings is 3. The highest BCUT2D eigenvalue weighted by atomic mass is 35.5. The van der Waals surface area contributed by atoms with Crippen molar-refractivity contribution in [2.24, 2.45) is 10.2 Å². The molecule has 3 rings (SSSR count). The van der Waals surface area contributed by atoms with Crippen LogP contribution in [0.25, 0.3) is 0 Å². The van der Waals surface area contributed by atoms with Gasteiger partial charge in [0.25, 0.3) is 0 Å². The van der Waals surface area contributed by atoms with Gasteiger partial charge in [-0.1, -0.05) is 47.5 Å². The molecule has 0 saturated heterocycles. The lowest BCUT2D eigenvalue weighted by atomic mass is 10.2. The molecule has 10 heteroatoms. The Labute approximate surface area is 206 Å². The van der Waals surface area contributed by atoms with E-state index >= 15 is 0 Å². The molecule has 0 radical (unpaired) electrons. The van der Waals surface area contributed by atoms with Crippen molar-refractivity contribution in [3.8, 4) is 0 Å². The number of carbonyl (C=O) groups excluding carboxylic acids is 2. The van der Waals surface area contributed by atoms with Crippen LogP contribution in [0.3, 0.4) is 0 Å². The van der Waals surface area contributed by atoms with Crippen molar-refractivity contribution in [2.45, 2.75) is 0 Å². The fourth-order valence-electron chi connectivity index (χ4n) is 2.73. The van der Waals surface area contributed by atoms with Crippen LogP contribution in [-0.4, -0.2) is 38.6 Å². The second-order valence-electron chi connectivity index (χ2n) is 6.78. The average Bonchev–Trinajstić information content (AvgIpc) is 2.86. The fourth-order valence-corrected chi connectivity index (χ4v) is 3.05. The molecule has 0 amide bonds. The van der Waals surface area contributed by atoms with Crippen molar-refractivity contribution < 1.29 is 19.1 Å².